The normalized spacial score (nSPS) is 13.5. The van der Waals surface area contributed by atoms with Crippen LogP contribution >= 0.6 is 0 Å². The Balaban J connectivity index is 2.49. The van der Waals surface area contributed by atoms with Crippen molar-refractivity contribution in [3.63, 3.8) is 0 Å². The molecule has 0 aliphatic rings. The van der Waals surface area contributed by atoms with E-state index in [9.17, 15) is 4.39 Å². The minimum atomic E-state index is -1.46. The second-order valence-electron chi connectivity index (χ2n) is 5.60. The van der Waals surface area contributed by atoms with Crippen LogP contribution in [0.25, 0.3) is 10.9 Å². The second-order valence-corrected chi connectivity index (χ2v) is 11.0. The first-order chi connectivity index (χ1) is 8.41. The molecular weight excluding hydrogens is 243 g/mol. The molecule has 0 aliphatic heterocycles. The maximum absolute atomic E-state index is 13.2. The van der Waals surface area contributed by atoms with Gasteiger partial charge in [0.15, 0.2) is 0 Å². The minimum absolute atomic E-state index is 0.248. The Labute approximate surface area is 108 Å². The molecule has 0 N–H and O–H groups in total. The SMILES string of the molecule is C#CCC(n1cc2ccc(F)cc2n1)[Si](C)(C)C. The van der Waals surface area contributed by atoms with Crippen LogP contribution in [0.1, 0.15) is 12.1 Å². The number of aromatic nitrogens is 2. The Morgan fingerprint density at radius 1 is 1.44 bits per heavy atom. The Kier molecular flexibility index (Phi) is 3.27. The van der Waals surface area contributed by atoms with Gasteiger partial charge in [0.25, 0.3) is 0 Å². The lowest BCUT2D eigenvalue weighted by Gasteiger charge is -2.27. The van der Waals surface area contributed by atoms with E-state index in [0.29, 0.717) is 11.9 Å². The molecule has 94 valence electrons. The molecule has 0 bridgehead atoms. The molecule has 18 heavy (non-hydrogen) atoms. The van der Waals surface area contributed by atoms with E-state index in [4.69, 9.17) is 6.42 Å². The molecule has 0 amide bonds. The van der Waals surface area contributed by atoms with Crippen LogP contribution in [0, 0.1) is 18.2 Å². The van der Waals surface area contributed by atoms with E-state index < -0.39 is 8.07 Å². The molecule has 0 saturated heterocycles. The van der Waals surface area contributed by atoms with E-state index in [0.717, 1.165) is 5.39 Å². The molecule has 2 rings (SSSR count). The van der Waals surface area contributed by atoms with Crippen LogP contribution < -0.4 is 0 Å². The number of hydrogen-bond donors (Lipinski definition) is 0. The summed E-state index contributed by atoms with van der Waals surface area (Å²) in [6, 6.07) is 4.67. The number of hydrogen-bond acceptors (Lipinski definition) is 1. The van der Waals surface area contributed by atoms with Crippen molar-refractivity contribution in [1.82, 2.24) is 9.78 Å². The lowest BCUT2D eigenvalue weighted by molar-refractivity contribution is 0.585. The fourth-order valence-corrected chi connectivity index (χ4v) is 3.73. The summed E-state index contributed by atoms with van der Waals surface area (Å²) in [6.07, 6.45) is 8.09. The standard InChI is InChI=1S/C14H17FN2Si/c1-5-6-14(18(2,3)4)17-10-11-7-8-12(15)9-13(11)16-17/h1,7-10,14H,6H2,2-4H3. The molecule has 1 aromatic carbocycles. The molecule has 1 heterocycles. The van der Waals surface area contributed by atoms with Crippen molar-refractivity contribution in [2.24, 2.45) is 0 Å². The Bertz CT molecular complexity index is 604. The van der Waals surface area contributed by atoms with Crippen molar-refractivity contribution in [2.75, 3.05) is 0 Å². The summed E-state index contributed by atoms with van der Waals surface area (Å²) in [7, 11) is -1.46. The zero-order valence-electron chi connectivity index (χ0n) is 10.9. The van der Waals surface area contributed by atoms with Crippen molar-refractivity contribution in [2.45, 2.75) is 31.7 Å². The average molecular weight is 260 g/mol. The maximum atomic E-state index is 13.2. The summed E-state index contributed by atoms with van der Waals surface area (Å²) in [5.41, 5.74) is 0.938. The molecule has 1 aromatic heterocycles. The fraction of sp³-hybridized carbons (Fsp3) is 0.357. The van der Waals surface area contributed by atoms with Crippen molar-refractivity contribution in [3.8, 4) is 12.3 Å². The Hall–Kier alpha value is -1.60. The van der Waals surface area contributed by atoms with Gasteiger partial charge >= 0.3 is 0 Å². The van der Waals surface area contributed by atoms with Gasteiger partial charge in [-0.1, -0.05) is 19.6 Å². The van der Waals surface area contributed by atoms with E-state index in [-0.39, 0.29) is 11.5 Å². The van der Waals surface area contributed by atoms with Crippen molar-refractivity contribution in [3.05, 3.63) is 30.2 Å². The monoisotopic (exact) mass is 260 g/mol. The van der Waals surface area contributed by atoms with Gasteiger partial charge in [0.2, 0.25) is 0 Å². The minimum Gasteiger partial charge on any atom is -0.271 e. The van der Waals surface area contributed by atoms with Gasteiger partial charge in [-0.25, -0.2) is 4.39 Å². The third kappa shape index (κ3) is 2.46. The van der Waals surface area contributed by atoms with Gasteiger partial charge in [0, 0.05) is 24.1 Å². The number of halogens is 1. The lowest BCUT2D eigenvalue weighted by Crippen LogP contribution is -2.35. The molecule has 0 radical (unpaired) electrons. The van der Waals surface area contributed by atoms with Gasteiger partial charge in [0.05, 0.1) is 19.3 Å². The summed E-state index contributed by atoms with van der Waals surface area (Å²) in [5, 5.41) is 5.43. The van der Waals surface area contributed by atoms with Crippen molar-refractivity contribution < 1.29 is 4.39 Å². The lowest BCUT2D eigenvalue weighted by atomic mass is 10.2. The first kappa shape index (κ1) is 12.8. The van der Waals surface area contributed by atoms with Gasteiger partial charge in [-0.3, -0.25) is 4.68 Å². The Morgan fingerprint density at radius 3 is 2.78 bits per heavy atom. The summed E-state index contributed by atoms with van der Waals surface area (Å²) in [5.74, 6) is 2.47. The van der Waals surface area contributed by atoms with E-state index in [1.165, 1.54) is 12.1 Å². The summed E-state index contributed by atoms with van der Waals surface area (Å²) in [4.78, 5) is 0. The number of terminal acetylenes is 1. The van der Waals surface area contributed by atoms with Crippen LogP contribution in [0.4, 0.5) is 4.39 Å². The quantitative estimate of drug-likeness (QED) is 0.609. The van der Waals surface area contributed by atoms with Gasteiger partial charge in [-0.15, -0.1) is 12.3 Å². The summed E-state index contributed by atoms with van der Waals surface area (Å²) < 4.78 is 15.1. The molecule has 2 aromatic rings. The van der Waals surface area contributed by atoms with Crippen LogP contribution in [0.2, 0.25) is 19.6 Å². The van der Waals surface area contributed by atoms with Crippen LogP contribution in [0.5, 0.6) is 0 Å². The highest BCUT2D eigenvalue weighted by atomic mass is 28.3. The fourth-order valence-electron chi connectivity index (χ4n) is 2.08. The molecule has 4 heteroatoms. The van der Waals surface area contributed by atoms with E-state index >= 15 is 0 Å². The zero-order chi connectivity index (χ0) is 13.3. The summed E-state index contributed by atoms with van der Waals surface area (Å²) >= 11 is 0. The first-order valence-electron chi connectivity index (χ1n) is 5.99. The van der Waals surface area contributed by atoms with E-state index in [2.05, 4.69) is 30.7 Å². The van der Waals surface area contributed by atoms with Crippen LogP contribution in [-0.4, -0.2) is 17.9 Å². The average Bonchev–Trinajstić information content (AvgIpc) is 2.66. The summed E-state index contributed by atoms with van der Waals surface area (Å²) in [6.45, 7) is 6.80. The van der Waals surface area contributed by atoms with Crippen LogP contribution in [0.3, 0.4) is 0 Å². The largest absolute Gasteiger partial charge is 0.271 e. The maximum Gasteiger partial charge on any atom is 0.125 e. The number of fused-ring (bicyclic) bond motifs is 1. The van der Waals surface area contributed by atoms with Gasteiger partial charge in [-0.05, 0) is 12.1 Å². The zero-order valence-corrected chi connectivity index (χ0v) is 11.9. The number of benzene rings is 1. The highest BCUT2D eigenvalue weighted by molar-refractivity contribution is 6.76. The predicted octanol–water partition coefficient (Wildman–Crippen LogP) is 3.62. The highest BCUT2D eigenvalue weighted by Crippen LogP contribution is 2.26. The third-order valence-corrected chi connectivity index (χ3v) is 5.59. The molecule has 0 saturated carbocycles. The van der Waals surface area contributed by atoms with Gasteiger partial charge in [-0.2, -0.15) is 5.10 Å². The van der Waals surface area contributed by atoms with Crippen LogP contribution in [0.15, 0.2) is 24.4 Å². The second kappa shape index (κ2) is 4.58. The smallest absolute Gasteiger partial charge is 0.125 e. The van der Waals surface area contributed by atoms with E-state index in [1.54, 1.807) is 6.07 Å². The topological polar surface area (TPSA) is 17.8 Å². The third-order valence-electron chi connectivity index (χ3n) is 3.12. The molecule has 0 fully saturated rings. The predicted molar refractivity (Wildman–Crippen MR) is 75.5 cm³/mol. The van der Waals surface area contributed by atoms with Crippen molar-refractivity contribution in [1.29, 1.82) is 0 Å². The van der Waals surface area contributed by atoms with Crippen LogP contribution in [-0.2, 0) is 0 Å². The molecule has 1 unspecified atom stereocenters. The number of nitrogens with zero attached hydrogens (tertiary/aromatic N) is 2. The highest BCUT2D eigenvalue weighted by Gasteiger charge is 2.28. The molecular formula is C14H17FN2Si. The van der Waals surface area contributed by atoms with Gasteiger partial charge < -0.3 is 0 Å². The molecule has 0 spiro atoms. The first-order valence-corrected chi connectivity index (χ1v) is 9.57. The van der Waals surface area contributed by atoms with Crippen molar-refractivity contribution >= 4 is 19.0 Å². The molecule has 0 aliphatic carbocycles. The Morgan fingerprint density at radius 2 is 2.17 bits per heavy atom. The van der Waals surface area contributed by atoms with Gasteiger partial charge in [0.1, 0.15) is 5.82 Å². The van der Waals surface area contributed by atoms with E-state index in [1.807, 2.05) is 10.9 Å². The molecule has 2 nitrogen and oxygen atoms in total. The number of rotatable bonds is 3. The molecule has 1 atom stereocenters.